The van der Waals surface area contributed by atoms with Crippen LogP contribution in [0.3, 0.4) is 0 Å². The van der Waals surface area contributed by atoms with Crippen molar-refractivity contribution in [2.75, 3.05) is 0 Å². The number of amides is 1. The summed E-state index contributed by atoms with van der Waals surface area (Å²) in [5.41, 5.74) is 0.626. The van der Waals surface area contributed by atoms with Gasteiger partial charge in [-0.1, -0.05) is 42.5 Å². The predicted molar refractivity (Wildman–Crippen MR) is 81.9 cm³/mol. The van der Waals surface area contributed by atoms with Crippen LogP contribution in [0, 0.1) is 0 Å². The Morgan fingerprint density at radius 2 is 1.62 bits per heavy atom. The van der Waals surface area contributed by atoms with Gasteiger partial charge in [-0.15, -0.1) is 0 Å². The number of benzene rings is 2. The number of hydrogen-bond donors (Lipinski definition) is 1. The van der Waals surface area contributed by atoms with Gasteiger partial charge in [-0.05, 0) is 30.2 Å². The normalized spacial score (nSPS) is 22.2. The lowest BCUT2D eigenvalue weighted by Crippen LogP contribution is -2.59. The summed E-state index contributed by atoms with van der Waals surface area (Å²) in [7, 11) is 0. The molecule has 3 rings (SSSR count). The molecule has 6 heteroatoms. The minimum absolute atomic E-state index is 0.283. The van der Waals surface area contributed by atoms with E-state index in [1.165, 1.54) is 17.0 Å². The quantitative estimate of drug-likeness (QED) is 0.869. The van der Waals surface area contributed by atoms with E-state index in [1.54, 1.807) is 0 Å². The first-order valence-corrected chi connectivity index (χ1v) is 7.53. The SMILES string of the molecule is CC(c1ccccc1)N1C(=O)[C@H](O)[C@@H]1c1ccc(C(F)(F)F)cc1. The summed E-state index contributed by atoms with van der Waals surface area (Å²) in [6.45, 7) is 1.83. The monoisotopic (exact) mass is 335 g/mol. The van der Waals surface area contributed by atoms with Gasteiger partial charge in [0.05, 0.1) is 17.6 Å². The molecule has 1 N–H and O–H groups in total. The minimum atomic E-state index is -4.41. The predicted octanol–water partition coefficient (Wildman–Crippen LogP) is 3.71. The Hall–Kier alpha value is -2.34. The van der Waals surface area contributed by atoms with E-state index >= 15 is 0 Å². The van der Waals surface area contributed by atoms with Gasteiger partial charge < -0.3 is 10.0 Å². The number of hydrogen-bond acceptors (Lipinski definition) is 2. The van der Waals surface area contributed by atoms with Crippen LogP contribution in [0.1, 0.15) is 35.7 Å². The van der Waals surface area contributed by atoms with Crippen molar-refractivity contribution in [1.82, 2.24) is 4.90 Å². The highest BCUT2D eigenvalue weighted by atomic mass is 19.4. The van der Waals surface area contributed by atoms with Crippen molar-refractivity contribution in [3.8, 4) is 0 Å². The van der Waals surface area contributed by atoms with Crippen LogP contribution < -0.4 is 0 Å². The van der Waals surface area contributed by atoms with Crippen molar-refractivity contribution in [2.45, 2.75) is 31.3 Å². The molecule has 1 aliphatic heterocycles. The van der Waals surface area contributed by atoms with Crippen molar-refractivity contribution >= 4 is 5.91 Å². The van der Waals surface area contributed by atoms with Gasteiger partial charge in [0.15, 0.2) is 6.10 Å². The number of alkyl halides is 3. The van der Waals surface area contributed by atoms with Crippen molar-refractivity contribution in [3.63, 3.8) is 0 Å². The molecule has 3 nitrogen and oxygen atoms in total. The van der Waals surface area contributed by atoms with Gasteiger partial charge in [-0.2, -0.15) is 13.2 Å². The van der Waals surface area contributed by atoms with Crippen LogP contribution in [0.4, 0.5) is 13.2 Å². The van der Waals surface area contributed by atoms with Gasteiger partial charge in [0.25, 0.3) is 5.91 Å². The number of aliphatic hydroxyl groups is 1. The Morgan fingerprint density at radius 3 is 2.17 bits per heavy atom. The van der Waals surface area contributed by atoms with Gasteiger partial charge in [-0.25, -0.2) is 0 Å². The van der Waals surface area contributed by atoms with Gasteiger partial charge in [0.1, 0.15) is 0 Å². The van der Waals surface area contributed by atoms with E-state index in [4.69, 9.17) is 0 Å². The van der Waals surface area contributed by atoms with Crippen LogP contribution in [0.15, 0.2) is 54.6 Å². The van der Waals surface area contributed by atoms with E-state index in [1.807, 2.05) is 37.3 Å². The van der Waals surface area contributed by atoms with Crippen LogP contribution in [0.5, 0.6) is 0 Å². The van der Waals surface area contributed by atoms with Crippen molar-refractivity contribution < 1.29 is 23.1 Å². The zero-order chi connectivity index (χ0) is 17.5. The number of aliphatic hydroxyl groups excluding tert-OH is 1. The summed E-state index contributed by atoms with van der Waals surface area (Å²) >= 11 is 0. The summed E-state index contributed by atoms with van der Waals surface area (Å²) in [5.74, 6) is -0.420. The lowest BCUT2D eigenvalue weighted by atomic mass is 9.87. The maximum atomic E-state index is 12.7. The van der Waals surface area contributed by atoms with Crippen molar-refractivity contribution in [3.05, 3.63) is 71.3 Å². The minimum Gasteiger partial charge on any atom is -0.381 e. The molecule has 2 aromatic rings. The summed E-state index contributed by atoms with van der Waals surface area (Å²) in [6.07, 6.45) is -5.64. The fourth-order valence-corrected chi connectivity index (χ4v) is 3.03. The number of β-lactam (4-membered cyclic amide) rings is 1. The molecule has 1 unspecified atom stereocenters. The van der Waals surface area contributed by atoms with E-state index in [0.717, 1.165) is 17.7 Å². The summed E-state index contributed by atoms with van der Waals surface area (Å²) in [5, 5.41) is 10.0. The summed E-state index contributed by atoms with van der Waals surface area (Å²) in [4.78, 5) is 13.6. The molecule has 0 spiro atoms. The molecule has 126 valence electrons. The molecule has 0 aromatic heterocycles. The number of carbonyl (C=O) groups is 1. The van der Waals surface area contributed by atoms with Gasteiger partial charge in [0.2, 0.25) is 0 Å². The average Bonchev–Trinajstić information content (AvgIpc) is 2.58. The Labute approximate surface area is 137 Å². The highest BCUT2D eigenvalue weighted by Gasteiger charge is 2.49. The maximum absolute atomic E-state index is 12.7. The first-order chi connectivity index (χ1) is 11.3. The Kier molecular flexibility index (Phi) is 4.09. The Balaban J connectivity index is 1.87. The van der Waals surface area contributed by atoms with Crippen LogP contribution in [0.25, 0.3) is 0 Å². The molecular formula is C18H16F3NO2. The van der Waals surface area contributed by atoms with E-state index in [9.17, 15) is 23.1 Å². The van der Waals surface area contributed by atoms with Crippen molar-refractivity contribution in [2.24, 2.45) is 0 Å². The van der Waals surface area contributed by atoms with E-state index in [-0.39, 0.29) is 6.04 Å². The number of nitrogens with zero attached hydrogens (tertiary/aromatic N) is 1. The molecule has 1 saturated heterocycles. The van der Waals surface area contributed by atoms with Crippen LogP contribution in [-0.4, -0.2) is 22.0 Å². The molecular weight excluding hydrogens is 319 g/mol. The zero-order valence-electron chi connectivity index (χ0n) is 12.9. The molecule has 1 aliphatic rings. The molecule has 0 aliphatic carbocycles. The Bertz CT molecular complexity index is 728. The van der Waals surface area contributed by atoms with Gasteiger partial charge in [0, 0.05) is 0 Å². The second-order valence-corrected chi connectivity index (χ2v) is 5.84. The fourth-order valence-electron chi connectivity index (χ4n) is 3.03. The zero-order valence-corrected chi connectivity index (χ0v) is 12.9. The van der Waals surface area contributed by atoms with E-state index < -0.39 is 29.8 Å². The third-order valence-electron chi connectivity index (χ3n) is 4.39. The number of likely N-dealkylation sites (tertiary alicyclic amines) is 1. The molecule has 0 bridgehead atoms. The largest absolute Gasteiger partial charge is 0.416 e. The Morgan fingerprint density at radius 1 is 1.04 bits per heavy atom. The number of halogens is 3. The summed E-state index contributed by atoms with van der Waals surface area (Å²) < 4.78 is 38.0. The topological polar surface area (TPSA) is 40.5 Å². The fraction of sp³-hybridized carbons (Fsp3) is 0.278. The number of rotatable bonds is 3. The van der Waals surface area contributed by atoms with Crippen molar-refractivity contribution in [1.29, 1.82) is 0 Å². The second kappa shape index (κ2) is 5.94. The van der Waals surface area contributed by atoms with Gasteiger partial charge >= 0.3 is 6.18 Å². The lowest BCUT2D eigenvalue weighted by Gasteiger charge is -2.48. The van der Waals surface area contributed by atoms with E-state index in [2.05, 4.69) is 0 Å². The standard InChI is InChI=1S/C18H16F3NO2/c1-11(12-5-3-2-4-6-12)22-15(16(23)17(22)24)13-7-9-14(10-8-13)18(19,20)21/h2-11,15-16,23H,1H3/t11?,15-,16+/m0/s1. The van der Waals surface area contributed by atoms with E-state index in [0.29, 0.717) is 5.56 Å². The highest BCUT2D eigenvalue weighted by molar-refractivity contribution is 5.89. The molecule has 2 aromatic carbocycles. The lowest BCUT2D eigenvalue weighted by molar-refractivity contribution is -0.172. The molecule has 0 radical (unpaired) electrons. The molecule has 3 atom stereocenters. The molecule has 1 heterocycles. The van der Waals surface area contributed by atoms with Crippen LogP contribution in [-0.2, 0) is 11.0 Å². The maximum Gasteiger partial charge on any atom is 0.416 e. The van der Waals surface area contributed by atoms with Gasteiger partial charge in [-0.3, -0.25) is 4.79 Å². The average molecular weight is 335 g/mol. The highest BCUT2D eigenvalue weighted by Crippen LogP contribution is 2.42. The third-order valence-corrected chi connectivity index (χ3v) is 4.39. The molecule has 1 fully saturated rings. The molecule has 0 saturated carbocycles. The molecule has 24 heavy (non-hydrogen) atoms. The summed E-state index contributed by atoms with van der Waals surface area (Å²) in [6, 6.07) is 12.9. The smallest absolute Gasteiger partial charge is 0.381 e. The first kappa shape index (κ1) is 16.5. The molecule has 1 amide bonds. The third kappa shape index (κ3) is 2.78. The second-order valence-electron chi connectivity index (χ2n) is 5.84. The van der Waals surface area contributed by atoms with Crippen LogP contribution >= 0.6 is 0 Å². The van der Waals surface area contributed by atoms with Crippen LogP contribution in [0.2, 0.25) is 0 Å². The number of carbonyl (C=O) groups excluding carboxylic acids is 1. The first-order valence-electron chi connectivity index (χ1n) is 7.53.